The Labute approximate surface area is 167 Å². The van der Waals surface area contributed by atoms with E-state index < -0.39 is 12.1 Å². The second-order valence-electron chi connectivity index (χ2n) is 6.84. The number of hydrogen-bond donors (Lipinski definition) is 1. The molecule has 2 aromatic carbocycles. The third-order valence-corrected chi connectivity index (χ3v) is 4.33. The monoisotopic (exact) mass is 383 g/mol. The van der Waals surface area contributed by atoms with Gasteiger partial charge in [0.25, 0.3) is 5.91 Å². The van der Waals surface area contributed by atoms with Crippen molar-refractivity contribution >= 4 is 17.6 Å². The summed E-state index contributed by atoms with van der Waals surface area (Å²) >= 11 is 0. The van der Waals surface area contributed by atoms with E-state index in [0.717, 1.165) is 24.2 Å². The third-order valence-electron chi connectivity index (χ3n) is 4.33. The zero-order chi connectivity index (χ0) is 20.4. The number of rotatable bonds is 10. The van der Waals surface area contributed by atoms with E-state index in [9.17, 15) is 9.59 Å². The van der Waals surface area contributed by atoms with Gasteiger partial charge < -0.3 is 14.8 Å². The maximum atomic E-state index is 12.3. The highest BCUT2D eigenvalue weighted by Crippen LogP contribution is 2.15. The predicted molar refractivity (Wildman–Crippen MR) is 111 cm³/mol. The fourth-order valence-electron chi connectivity index (χ4n) is 2.57. The van der Waals surface area contributed by atoms with Crippen molar-refractivity contribution < 1.29 is 19.1 Å². The number of nitrogens with one attached hydrogen (secondary N) is 1. The number of esters is 1. The molecule has 0 spiro atoms. The molecule has 0 aliphatic carbocycles. The largest absolute Gasteiger partial charge is 0.494 e. The van der Waals surface area contributed by atoms with Crippen LogP contribution in [0, 0.1) is 6.92 Å². The maximum Gasteiger partial charge on any atom is 0.338 e. The van der Waals surface area contributed by atoms with Gasteiger partial charge in [0, 0.05) is 5.69 Å². The Morgan fingerprint density at radius 3 is 2.29 bits per heavy atom. The molecule has 5 nitrogen and oxygen atoms in total. The number of ether oxygens (including phenoxy) is 2. The molecule has 0 fully saturated rings. The minimum atomic E-state index is -0.900. The van der Waals surface area contributed by atoms with Crippen LogP contribution in [0.4, 0.5) is 5.69 Å². The van der Waals surface area contributed by atoms with Crippen LogP contribution < -0.4 is 10.1 Å². The summed E-state index contributed by atoms with van der Waals surface area (Å²) in [5, 5.41) is 2.74. The van der Waals surface area contributed by atoms with Gasteiger partial charge in [-0.25, -0.2) is 4.79 Å². The lowest BCUT2D eigenvalue weighted by Gasteiger charge is -2.14. The number of benzene rings is 2. The number of carbonyl (C=O) groups is 2. The highest BCUT2D eigenvalue weighted by Gasteiger charge is 2.19. The summed E-state index contributed by atoms with van der Waals surface area (Å²) in [7, 11) is 0. The van der Waals surface area contributed by atoms with E-state index in [4.69, 9.17) is 9.47 Å². The second-order valence-corrected chi connectivity index (χ2v) is 6.84. The van der Waals surface area contributed by atoms with Crippen molar-refractivity contribution in [3.8, 4) is 5.75 Å². The molecule has 0 heterocycles. The molecule has 1 N–H and O–H groups in total. The minimum absolute atomic E-state index is 0.371. The van der Waals surface area contributed by atoms with Crippen LogP contribution in [0.5, 0.6) is 5.75 Å². The van der Waals surface area contributed by atoms with E-state index in [1.54, 1.807) is 31.2 Å². The lowest BCUT2D eigenvalue weighted by Crippen LogP contribution is -2.30. The number of anilines is 1. The molecule has 0 aliphatic heterocycles. The summed E-state index contributed by atoms with van der Waals surface area (Å²) in [5.41, 5.74) is 2.15. The van der Waals surface area contributed by atoms with E-state index in [1.165, 1.54) is 12.8 Å². The molecule has 0 unspecified atom stereocenters. The Kier molecular flexibility index (Phi) is 8.53. The molecule has 0 radical (unpaired) electrons. The standard InChI is InChI=1S/C23H29NO4/c1-4-5-6-7-16-27-21-14-10-19(11-15-21)23(26)28-18(3)22(25)24-20-12-8-17(2)9-13-20/h8-15,18H,4-7,16H2,1-3H3,(H,24,25)/t18-/m1/s1. The van der Waals surface area contributed by atoms with Crippen LogP contribution >= 0.6 is 0 Å². The van der Waals surface area contributed by atoms with Gasteiger partial charge in [0.15, 0.2) is 6.10 Å². The summed E-state index contributed by atoms with van der Waals surface area (Å²) in [4.78, 5) is 24.5. The molecule has 2 rings (SSSR count). The average Bonchev–Trinajstić information content (AvgIpc) is 2.70. The van der Waals surface area contributed by atoms with Crippen LogP contribution in [0.1, 0.15) is 55.5 Å². The quantitative estimate of drug-likeness (QED) is 0.456. The molecular formula is C23H29NO4. The first-order valence-corrected chi connectivity index (χ1v) is 9.81. The molecule has 0 aliphatic rings. The van der Waals surface area contributed by atoms with Crippen LogP contribution in [0.3, 0.4) is 0 Å². The summed E-state index contributed by atoms with van der Waals surface area (Å²) in [6.07, 6.45) is 3.68. The molecule has 150 valence electrons. The Morgan fingerprint density at radius 1 is 0.964 bits per heavy atom. The second kappa shape index (κ2) is 11.1. The van der Waals surface area contributed by atoms with E-state index in [2.05, 4.69) is 12.2 Å². The van der Waals surface area contributed by atoms with Gasteiger partial charge in [0.1, 0.15) is 5.75 Å². The van der Waals surface area contributed by atoms with Crippen molar-refractivity contribution in [2.75, 3.05) is 11.9 Å². The van der Waals surface area contributed by atoms with Crippen molar-refractivity contribution in [2.45, 2.75) is 52.6 Å². The summed E-state index contributed by atoms with van der Waals surface area (Å²) in [6, 6.07) is 14.2. The predicted octanol–water partition coefficient (Wildman–Crippen LogP) is 5.14. The van der Waals surface area contributed by atoms with E-state index in [-0.39, 0.29) is 5.91 Å². The van der Waals surface area contributed by atoms with E-state index in [0.29, 0.717) is 17.9 Å². The molecule has 0 bridgehead atoms. The molecule has 1 atom stereocenters. The van der Waals surface area contributed by atoms with Gasteiger partial charge in [-0.3, -0.25) is 4.79 Å². The van der Waals surface area contributed by atoms with Gasteiger partial charge in [-0.05, 0) is 56.7 Å². The molecule has 0 saturated carbocycles. The Balaban J connectivity index is 1.80. The Hall–Kier alpha value is -2.82. The maximum absolute atomic E-state index is 12.3. The van der Waals surface area contributed by atoms with Gasteiger partial charge >= 0.3 is 5.97 Å². The van der Waals surface area contributed by atoms with Gasteiger partial charge in [0.05, 0.1) is 12.2 Å². The fourth-order valence-corrected chi connectivity index (χ4v) is 2.57. The molecule has 5 heteroatoms. The van der Waals surface area contributed by atoms with E-state index >= 15 is 0 Å². The number of amides is 1. The highest BCUT2D eigenvalue weighted by molar-refractivity contribution is 5.97. The summed E-state index contributed by atoms with van der Waals surface area (Å²) in [6.45, 7) is 6.36. The van der Waals surface area contributed by atoms with Crippen molar-refractivity contribution in [2.24, 2.45) is 0 Å². The van der Waals surface area contributed by atoms with Crippen molar-refractivity contribution in [1.29, 1.82) is 0 Å². The third kappa shape index (κ3) is 7.06. The zero-order valence-corrected chi connectivity index (χ0v) is 16.9. The van der Waals surface area contributed by atoms with Gasteiger partial charge in [-0.2, -0.15) is 0 Å². The van der Waals surface area contributed by atoms with Crippen molar-refractivity contribution in [3.63, 3.8) is 0 Å². The molecule has 0 aromatic heterocycles. The lowest BCUT2D eigenvalue weighted by molar-refractivity contribution is -0.123. The first-order valence-electron chi connectivity index (χ1n) is 9.81. The molecule has 28 heavy (non-hydrogen) atoms. The van der Waals surface area contributed by atoms with Crippen LogP contribution in [0.15, 0.2) is 48.5 Å². The van der Waals surface area contributed by atoms with Crippen LogP contribution in [-0.2, 0) is 9.53 Å². The van der Waals surface area contributed by atoms with E-state index in [1.807, 2.05) is 31.2 Å². The topological polar surface area (TPSA) is 64.6 Å². The first kappa shape index (κ1) is 21.5. The SMILES string of the molecule is CCCCCCOc1ccc(C(=O)O[C@H](C)C(=O)Nc2ccc(C)cc2)cc1. The lowest BCUT2D eigenvalue weighted by atomic mass is 10.2. The Morgan fingerprint density at radius 2 is 1.64 bits per heavy atom. The number of hydrogen-bond acceptors (Lipinski definition) is 4. The number of unbranched alkanes of at least 4 members (excludes halogenated alkanes) is 3. The van der Waals surface area contributed by atoms with Crippen LogP contribution in [0.25, 0.3) is 0 Å². The average molecular weight is 383 g/mol. The number of carbonyl (C=O) groups excluding carboxylic acids is 2. The normalized spacial score (nSPS) is 11.5. The van der Waals surface area contributed by atoms with Gasteiger partial charge in [0.2, 0.25) is 0 Å². The van der Waals surface area contributed by atoms with Crippen LogP contribution in [-0.4, -0.2) is 24.6 Å². The fraction of sp³-hybridized carbons (Fsp3) is 0.391. The van der Waals surface area contributed by atoms with Crippen LogP contribution in [0.2, 0.25) is 0 Å². The van der Waals surface area contributed by atoms with Gasteiger partial charge in [-0.15, -0.1) is 0 Å². The molecule has 1 amide bonds. The number of aryl methyl sites for hydroxylation is 1. The Bertz CT molecular complexity index is 753. The van der Waals surface area contributed by atoms with Crippen molar-refractivity contribution in [1.82, 2.24) is 0 Å². The smallest absolute Gasteiger partial charge is 0.338 e. The molecule has 2 aromatic rings. The molecule has 0 saturated heterocycles. The summed E-state index contributed by atoms with van der Waals surface area (Å²) < 4.78 is 10.9. The van der Waals surface area contributed by atoms with Crippen molar-refractivity contribution in [3.05, 3.63) is 59.7 Å². The zero-order valence-electron chi connectivity index (χ0n) is 16.9. The highest BCUT2D eigenvalue weighted by atomic mass is 16.5. The summed E-state index contributed by atoms with van der Waals surface area (Å²) in [5.74, 6) is -0.191. The molecular weight excluding hydrogens is 354 g/mol. The van der Waals surface area contributed by atoms with Gasteiger partial charge in [-0.1, -0.05) is 43.9 Å². The minimum Gasteiger partial charge on any atom is -0.494 e. The first-order chi connectivity index (χ1) is 13.5.